The van der Waals surface area contributed by atoms with Crippen LogP contribution in [0.4, 0.5) is 0 Å². The van der Waals surface area contributed by atoms with Crippen molar-refractivity contribution in [2.75, 3.05) is 13.1 Å². The number of halogens is 2. The molecule has 7 heteroatoms. The van der Waals surface area contributed by atoms with Gasteiger partial charge >= 0.3 is 0 Å². The van der Waals surface area contributed by atoms with E-state index in [1.807, 2.05) is 0 Å². The molecule has 1 aliphatic heterocycles. The van der Waals surface area contributed by atoms with Gasteiger partial charge in [0.1, 0.15) is 4.90 Å². The van der Waals surface area contributed by atoms with Crippen LogP contribution in [0.3, 0.4) is 0 Å². The first kappa shape index (κ1) is 13.3. The monoisotopic (exact) mass is 339 g/mol. The molecule has 0 amide bonds. The quantitative estimate of drug-likeness (QED) is 0.894. The molecular weight excluding hydrogens is 330 g/mol. The zero-order valence-electron chi connectivity index (χ0n) is 8.81. The molecule has 0 saturated carbocycles. The van der Waals surface area contributed by atoms with E-state index >= 15 is 0 Å². The minimum absolute atomic E-state index is 0.0655. The molecular formula is C10H11BrClNO3S. The van der Waals surface area contributed by atoms with E-state index in [9.17, 15) is 13.5 Å². The first-order chi connectivity index (χ1) is 7.93. The molecule has 0 aliphatic carbocycles. The standard InChI is InChI=1S/C10H11BrClNO3S/c11-8-2-1-3-9(12)10(8)17(15,16)13-5-4-7(14)6-13/h1-3,7,14H,4-6H2/t7-/m1/s1. The fourth-order valence-corrected chi connectivity index (χ4v) is 4.95. The lowest BCUT2D eigenvalue weighted by Gasteiger charge is -2.17. The normalized spacial score (nSPS) is 21.9. The number of hydrogen-bond acceptors (Lipinski definition) is 3. The fourth-order valence-electron chi connectivity index (χ4n) is 1.79. The molecule has 1 saturated heterocycles. The zero-order chi connectivity index (χ0) is 12.6. The van der Waals surface area contributed by atoms with Gasteiger partial charge in [0, 0.05) is 17.6 Å². The predicted molar refractivity (Wildman–Crippen MR) is 68.5 cm³/mol. The van der Waals surface area contributed by atoms with E-state index < -0.39 is 16.1 Å². The van der Waals surface area contributed by atoms with Gasteiger partial charge in [0.25, 0.3) is 0 Å². The second-order valence-electron chi connectivity index (χ2n) is 3.86. The van der Waals surface area contributed by atoms with Crippen molar-refractivity contribution in [3.8, 4) is 0 Å². The van der Waals surface area contributed by atoms with Crippen LogP contribution in [0.15, 0.2) is 27.6 Å². The molecule has 1 heterocycles. The molecule has 0 unspecified atom stereocenters. The maximum Gasteiger partial charge on any atom is 0.245 e. The third kappa shape index (κ3) is 2.51. The van der Waals surface area contributed by atoms with Gasteiger partial charge in [-0.15, -0.1) is 0 Å². The first-order valence-electron chi connectivity index (χ1n) is 5.05. The number of benzene rings is 1. The number of hydrogen-bond donors (Lipinski definition) is 1. The SMILES string of the molecule is O=S(=O)(c1c(Cl)cccc1Br)N1CC[C@@H](O)C1. The highest BCUT2D eigenvalue weighted by Crippen LogP contribution is 2.33. The van der Waals surface area contributed by atoms with Crippen LogP contribution in [0.1, 0.15) is 6.42 Å². The molecule has 1 atom stereocenters. The van der Waals surface area contributed by atoms with Crippen molar-refractivity contribution in [1.82, 2.24) is 4.31 Å². The highest BCUT2D eigenvalue weighted by molar-refractivity contribution is 9.10. The summed E-state index contributed by atoms with van der Waals surface area (Å²) < 4.78 is 26.3. The van der Waals surface area contributed by atoms with Crippen LogP contribution in [0, 0.1) is 0 Å². The second kappa shape index (κ2) is 4.85. The van der Waals surface area contributed by atoms with E-state index in [0.29, 0.717) is 17.4 Å². The number of β-amino-alcohol motifs (C(OH)–C–C–N with tert-alkyl or cyclic N) is 1. The van der Waals surface area contributed by atoms with Crippen LogP contribution in [-0.2, 0) is 10.0 Å². The summed E-state index contributed by atoms with van der Waals surface area (Å²) in [6, 6.07) is 4.83. The third-order valence-electron chi connectivity index (χ3n) is 2.64. The lowest BCUT2D eigenvalue weighted by Crippen LogP contribution is -2.30. The van der Waals surface area contributed by atoms with Crippen LogP contribution in [0.25, 0.3) is 0 Å². The Labute approximate surface area is 113 Å². The van der Waals surface area contributed by atoms with Crippen molar-refractivity contribution in [3.63, 3.8) is 0 Å². The minimum Gasteiger partial charge on any atom is -0.392 e. The Balaban J connectivity index is 2.45. The van der Waals surface area contributed by atoms with Crippen molar-refractivity contribution >= 4 is 37.6 Å². The van der Waals surface area contributed by atoms with Gasteiger partial charge in [-0.05, 0) is 34.5 Å². The van der Waals surface area contributed by atoms with Gasteiger partial charge in [-0.25, -0.2) is 8.42 Å². The Morgan fingerprint density at radius 2 is 2.18 bits per heavy atom. The van der Waals surface area contributed by atoms with Crippen molar-refractivity contribution in [2.45, 2.75) is 17.4 Å². The summed E-state index contributed by atoms with van der Waals surface area (Å²) in [5.41, 5.74) is 0. The summed E-state index contributed by atoms with van der Waals surface area (Å²) >= 11 is 9.12. The Kier molecular flexibility index (Phi) is 3.80. The maximum atomic E-state index is 12.3. The molecule has 1 aromatic rings. The lowest BCUT2D eigenvalue weighted by atomic mass is 10.3. The average molecular weight is 341 g/mol. The van der Waals surface area contributed by atoms with E-state index in [4.69, 9.17) is 11.6 Å². The van der Waals surface area contributed by atoms with E-state index in [-0.39, 0.29) is 16.5 Å². The molecule has 2 rings (SSSR count). The van der Waals surface area contributed by atoms with E-state index in [0.717, 1.165) is 0 Å². The van der Waals surface area contributed by atoms with Crippen LogP contribution in [0.5, 0.6) is 0 Å². The molecule has 1 fully saturated rings. The highest BCUT2D eigenvalue weighted by atomic mass is 79.9. The highest BCUT2D eigenvalue weighted by Gasteiger charge is 2.34. The van der Waals surface area contributed by atoms with Crippen molar-refractivity contribution < 1.29 is 13.5 Å². The Morgan fingerprint density at radius 3 is 2.71 bits per heavy atom. The molecule has 4 nitrogen and oxygen atoms in total. The average Bonchev–Trinajstić information content (AvgIpc) is 2.64. The molecule has 0 aromatic heterocycles. The van der Waals surface area contributed by atoms with Crippen LogP contribution in [0.2, 0.25) is 5.02 Å². The largest absolute Gasteiger partial charge is 0.392 e. The summed E-state index contributed by atoms with van der Waals surface area (Å²) in [7, 11) is -3.64. The molecule has 1 aromatic carbocycles. The van der Waals surface area contributed by atoms with E-state index in [1.165, 1.54) is 10.4 Å². The third-order valence-corrected chi connectivity index (χ3v) is 5.96. The van der Waals surface area contributed by atoms with Gasteiger partial charge in [-0.2, -0.15) is 4.31 Å². The topological polar surface area (TPSA) is 57.6 Å². The fraction of sp³-hybridized carbons (Fsp3) is 0.400. The van der Waals surface area contributed by atoms with Crippen molar-refractivity contribution in [1.29, 1.82) is 0 Å². The molecule has 1 N–H and O–H groups in total. The summed E-state index contributed by atoms with van der Waals surface area (Å²) in [5.74, 6) is 0. The van der Waals surface area contributed by atoms with Gasteiger partial charge in [0.2, 0.25) is 10.0 Å². The molecule has 0 bridgehead atoms. The van der Waals surface area contributed by atoms with Crippen molar-refractivity contribution in [2.24, 2.45) is 0 Å². The Morgan fingerprint density at radius 1 is 1.47 bits per heavy atom. The molecule has 0 radical (unpaired) electrons. The molecule has 94 valence electrons. The summed E-state index contributed by atoms with van der Waals surface area (Å²) in [6.45, 7) is 0.446. The summed E-state index contributed by atoms with van der Waals surface area (Å²) in [6.07, 6.45) is -0.132. The van der Waals surface area contributed by atoms with Gasteiger partial charge in [-0.3, -0.25) is 0 Å². The number of sulfonamides is 1. The van der Waals surface area contributed by atoms with Crippen LogP contribution < -0.4 is 0 Å². The Bertz CT molecular complexity index is 514. The minimum atomic E-state index is -3.64. The summed E-state index contributed by atoms with van der Waals surface area (Å²) in [4.78, 5) is 0.0655. The smallest absolute Gasteiger partial charge is 0.245 e. The first-order valence-corrected chi connectivity index (χ1v) is 7.66. The zero-order valence-corrected chi connectivity index (χ0v) is 12.0. The molecule has 0 spiro atoms. The van der Waals surface area contributed by atoms with Crippen LogP contribution in [-0.4, -0.2) is 37.0 Å². The van der Waals surface area contributed by atoms with Crippen molar-refractivity contribution in [3.05, 3.63) is 27.7 Å². The van der Waals surface area contributed by atoms with Gasteiger partial charge in [-0.1, -0.05) is 17.7 Å². The maximum absolute atomic E-state index is 12.3. The second-order valence-corrected chi connectivity index (χ2v) is 6.99. The number of aliphatic hydroxyl groups is 1. The van der Waals surface area contributed by atoms with E-state index in [1.54, 1.807) is 12.1 Å². The Hall–Kier alpha value is -0.140. The summed E-state index contributed by atoms with van der Waals surface area (Å²) in [5, 5.41) is 9.58. The lowest BCUT2D eigenvalue weighted by molar-refractivity contribution is 0.189. The van der Waals surface area contributed by atoms with Gasteiger partial charge < -0.3 is 5.11 Å². The van der Waals surface area contributed by atoms with Gasteiger partial charge in [0.05, 0.1) is 11.1 Å². The number of aliphatic hydroxyl groups excluding tert-OH is 1. The number of rotatable bonds is 2. The molecule has 17 heavy (non-hydrogen) atoms. The van der Waals surface area contributed by atoms with E-state index in [2.05, 4.69) is 15.9 Å². The number of nitrogens with zero attached hydrogens (tertiary/aromatic N) is 1. The predicted octanol–water partition coefficient (Wildman–Crippen LogP) is 1.86. The van der Waals surface area contributed by atoms with Gasteiger partial charge in [0.15, 0.2) is 0 Å². The van der Waals surface area contributed by atoms with Crippen LogP contribution >= 0.6 is 27.5 Å². The molecule has 1 aliphatic rings.